The molecule has 6 nitrogen and oxygen atoms in total. The van der Waals surface area contributed by atoms with Crippen LogP contribution in [0.2, 0.25) is 0 Å². The molecular weight excluding hydrogens is 352 g/mol. The first-order valence-corrected chi connectivity index (χ1v) is 9.93. The number of rotatable bonds is 6. The predicted octanol–water partition coefficient (Wildman–Crippen LogP) is 3.18. The van der Waals surface area contributed by atoms with Crippen LogP contribution in [0.5, 0.6) is 0 Å². The van der Waals surface area contributed by atoms with E-state index in [-0.39, 0.29) is 11.8 Å². The summed E-state index contributed by atoms with van der Waals surface area (Å²) in [5.74, 6) is -1.00. The fraction of sp³-hybridized carbons (Fsp3) is 0.526. The van der Waals surface area contributed by atoms with E-state index < -0.39 is 24.0 Å². The van der Waals surface area contributed by atoms with Crippen LogP contribution in [-0.2, 0) is 14.3 Å². The minimum absolute atomic E-state index is 0.108. The number of hydrogen-bond acceptors (Lipinski definition) is 5. The average Bonchev–Trinajstić information content (AvgIpc) is 2.61. The summed E-state index contributed by atoms with van der Waals surface area (Å²) in [7, 11) is 0. The van der Waals surface area contributed by atoms with Gasteiger partial charge in [0.25, 0.3) is 5.91 Å². The second-order valence-electron chi connectivity index (χ2n) is 6.48. The van der Waals surface area contributed by atoms with Crippen molar-refractivity contribution in [1.82, 2.24) is 10.6 Å². The molecule has 1 aliphatic rings. The molecule has 26 heavy (non-hydrogen) atoms. The summed E-state index contributed by atoms with van der Waals surface area (Å²) in [6.45, 7) is 3.42. The number of aryl methyl sites for hydroxylation is 1. The molecule has 2 rings (SSSR count). The van der Waals surface area contributed by atoms with E-state index in [1.165, 1.54) is 25.1 Å². The summed E-state index contributed by atoms with van der Waals surface area (Å²) in [5.41, 5.74) is 1.08. The molecular formula is C19H26N2O4S. The lowest BCUT2D eigenvalue weighted by atomic mass is 9.96. The zero-order valence-corrected chi connectivity index (χ0v) is 16.1. The van der Waals surface area contributed by atoms with E-state index in [0.717, 1.165) is 36.1 Å². The van der Waals surface area contributed by atoms with Crippen molar-refractivity contribution in [3.8, 4) is 0 Å². The van der Waals surface area contributed by atoms with Crippen LogP contribution in [0.1, 0.15) is 44.6 Å². The molecule has 0 bridgehead atoms. The number of esters is 1. The molecule has 1 fully saturated rings. The van der Waals surface area contributed by atoms with Gasteiger partial charge in [0, 0.05) is 10.9 Å². The summed E-state index contributed by atoms with van der Waals surface area (Å²) >= 11 is 1.36. The maximum atomic E-state index is 12.0. The Balaban J connectivity index is 1.70. The van der Waals surface area contributed by atoms with Crippen LogP contribution in [0, 0.1) is 6.92 Å². The van der Waals surface area contributed by atoms with E-state index in [2.05, 4.69) is 10.6 Å². The van der Waals surface area contributed by atoms with Crippen molar-refractivity contribution in [3.05, 3.63) is 29.8 Å². The van der Waals surface area contributed by atoms with Gasteiger partial charge in [-0.1, -0.05) is 37.5 Å². The highest BCUT2D eigenvalue weighted by Crippen LogP contribution is 2.22. The first-order chi connectivity index (χ1) is 12.5. The summed E-state index contributed by atoms with van der Waals surface area (Å²) in [6, 6.07) is 7.32. The van der Waals surface area contributed by atoms with Gasteiger partial charge in [-0.25, -0.2) is 4.79 Å². The van der Waals surface area contributed by atoms with Gasteiger partial charge in [0.1, 0.15) is 0 Å². The molecule has 1 aromatic carbocycles. The Morgan fingerprint density at radius 2 is 1.88 bits per heavy atom. The van der Waals surface area contributed by atoms with Crippen LogP contribution in [0.15, 0.2) is 29.2 Å². The molecule has 142 valence electrons. The predicted molar refractivity (Wildman–Crippen MR) is 101 cm³/mol. The lowest BCUT2D eigenvalue weighted by molar-refractivity contribution is -0.151. The Bertz CT molecular complexity index is 644. The third-order valence-corrected chi connectivity index (χ3v) is 5.44. The van der Waals surface area contributed by atoms with Crippen molar-refractivity contribution in [2.75, 3.05) is 5.75 Å². The first kappa shape index (κ1) is 20.3. The van der Waals surface area contributed by atoms with Crippen LogP contribution in [-0.4, -0.2) is 35.8 Å². The van der Waals surface area contributed by atoms with Crippen molar-refractivity contribution in [1.29, 1.82) is 0 Å². The SMILES string of the molecule is Cc1ccccc1SCC(=O)O[C@H](C)C(=O)NC(=O)NC1CCCCC1. The van der Waals surface area contributed by atoms with Crippen LogP contribution >= 0.6 is 11.8 Å². The number of carbonyl (C=O) groups is 3. The molecule has 0 radical (unpaired) electrons. The molecule has 0 spiro atoms. The molecule has 0 unspecified atom stereocenters. The minimum atomic E-state index is -1.02. The molecule has 1 saturated carbocycles. The van der Waals surface area contributed by atoms with Crippen LogP contribution in [0.25, 0.3) is 0 Å². The first-order valence-electron chi connectivity index (χ1n) is 8.95. The molecule has 0 aliphatic heterocycles. The Hall–Kier alpha value is -2.02. The fourth-order valence-electron chi connectivity index (χ4n) is 2.82. The number of nitrogens with one attached hydrogen (secondary N) is 2. The van der Waals surface area contributed by atoms with Gasteiger partial charge in [-0.2, -0.15) is 0 Å². The number of ether oxygens (including phenoxy) is 1. The lowest BCUT2D eigenvalue weighted by Gasteiger charge is -2.23. The van der Waals surface area contributed by atoms with Crippen molar-refractivity contribution >= 4 is 29.7 Å². The monoisotopic (exact) mass is 378 g/mol. The maximum Gasteiger partial charge on any atom is 0.321 e. The van der Waals surface area contributed by atoms with E-state index in [9.17, 15) is 14.4 Å². The summed E-state index contributed by atoms with van der Waals surface area (Å²) in [4.78, 5) is 36.8. The molecule has 0 heterocycles. The molecule has 1 atom stereocenters. The van der Waals surface area contributed by atoms with Gasteiger partial charge in [-0.15, -0.1) is 11.8 Å². The van der Waals surface area contributed by atoms with Crippen molar-refractivity contribution in [2.24, 2.45) is 0 Å². The quantitative estimate of drug-likeness (QED) is 0.587. The smallest absolute Gasteiger partial charge is 0.321 e. The largest absolute Gasteiger partial charge is 0.452 e. The summed E-state index contributed by atoms with van der Waals surface area (Å²) in [6.07, 6.45) is 4.21. The highest BCUT2D eigenvalue weighted by Gasteiger charge is 2.22. The number of carbonyl (C=O) groups excluding carboxylic acids is 3. The molecule has 3 amide bonds. The highest BCUT2D eigenvalue weighted by molar-refractivity contribution is 8.00. The van der Waals surface area contributed by atoms with E-state index >= 15 is 0 Å². The van der Waals surface area contributed by atoms with Gasteiger partial charge >= 0.3 is 12.0 Å². The Labute approximate surface area is 158 Å². The minimum Gasteiger partial charge on any atom is -0.452 e. The van der Waals surface area contributed by atoms with Gasteiger partial charge in [0.05, 0.1) is 5.75 Å². The number of urea groups is 1. The molecule has 1 aliphatic carbocycles. The average molecular weight is 378 g/mol. The second-order valence-corrected chi connectivity index (χ2v) is 7.50. The third-order valence-electron chi connectivity index (χ3n) is 4.29. The Morgan fingerprint density at radius 3 is 2.58 bits per heavy atom. The van der Waals surface area contributed by atoms with E-state index in [1.54, 1.807) is 0 Å². The molecule has 1 aromatic rings. The standard InChI is InChI=1S/C19H26N2O4S/c1-13-8-6-7-11-16(13)26-12-17(22)25-14(2)18(23)21-19(24)20-15-9-4-3-5-10-15/h6-8,11,14-15H,3-5,9-10,12H2,1-2H3,(H2,20,21,23,24)/t14-/m1/s1. The Kier molecular flexibility index (Phi) is 7.97. The van der Waals surface area contributed by atoms with Gasteiger partial charge in [0.2, 0.25) is 0 Å². The molecule has 7 heteroatoms. The summed E-state index contributed by atoms with van der Waals surface area (Å²) < 4.78 is 5.11. The lowest BCUT2D eigenvalue weighted by Crippen LogP contribution is -2.48. The zero-order valence-electron chi connectivity index (χ0n) is 15.2. The van der Waals surface area contributed by atoms with Gasteiger partial charge < -0.3 is 10.1 Å². The zero-order chi connectivity index (χ0) is 18.9. The van der Waals surface area contributed by atoms with Crippen molar-refractivity contribution in [3.63, 3.8) is 0 Å². The topological polar surface area (TPSA) is 84.5 Å². The number of amides is 3. The van der Waals surface area contributed by atoms with Crippen molar-refractivity contribution in [2.45, 2.75) is 63.0 Å². The Morgan fingerprint density at radius 1 is 1.19 bits per heavy atom. The summed E-state index contributed by atoms with van der Waals surface area (Å²) in [5, 5.41) is 5.04. The van der Waals surface area contributed by atoms with Gasteiger partial charge in [0.15, 0.2) is 6.10 Å². The number of thioether (sulfide) groups is 1. The van der Waals surface area contributed by atoms with Crippen LogP contribution < -0.4 is 10.6 Å². The highest BCUT2D eigenvalue weighted by atomic mass is 32.2. The van der Waals surface area contributed by atoms with Gasteiger partial charge in [-0.05, 0) is 38.3 Å². The number of imide groups is 1. The van der Waals surface area contributed by atoms with Crippen molar-refractivity contribution < 1.29 is 19.1 Å². The maximum absolute atomic E-state index is 12.0. The molecule has 0 saturated heterocycles. The van der Waals surface area contributed by atoms with Gasteiger partial charge in [-0.3, -0.25) is 14.9 Å². The fourth-order valence-corrected chi connectivity index (χ4v) is 3.63. The number of hydrogen-bond donors (Lipinski definition) is 2. The van der Waals surface area contributed by atoms with E-state index in [0.29, 0.717) is 0 Å². The third kappa shape index (κ3) is 6.71. The molecule has 2 N–H and O–H groups in total. The number of benzene rings is 1. The van der Waals surface area contributed by atoms with E-state index in [4.69, 9.17) is 4.74 Å². The molecule has 0 aromatic heterocycles. The van der Waals surface area contributed by atoms with Crippen LogP contribution in [0.4, 0.5) is 4.79 Å². The normalized spacial score (nSPS) is 15.8. The van der Waals surface area contributed by atoms with E-state index in [1.807, 2.05) is 31.2 Å². The van der Waals surface area contributed by atoms with Crippen LogP contribution in [0.3, 0.4) is 0 Å². The second kappa shape index (κ2) is 10.2.